The number of hydrogen-bond acceptors (Lipinski definition) is 4. The van der Waals surface area contributed by atoms with Crippen molar-refractivity contribution >= 4 is 5.57 Å². The Morgan fingerprint density at radius 1 is 1.04 bits per heavy atom. The molecule has 1 aliphatic carbocycles. The molecule has 0 radical (unpaired) electrons. The molecule has 0 fully saturated rings. The van der Waals surface area contributed by atoms with Gasteiger partial charge in [0.2, 0.25) is 0 Å². The normalized spacial score (nSPS) is 16.1. The first kappa shape index (κ1) is 17.6. The number of nitrogens with zero attached hydrogens (tertiary/aromatic N) is 2. The number of aryl methyl sites for hydroxylation is 1. The molecule has 0 spiro atoms. The van der Waals surface area contributed by atoms with Crippen LogP contribution in [0.15, 0.2) is 48.5 Å². The fourth-order valence-electron chi connectivity index (χ4n) is 3.46. The Morgan fingerprint density at radius 3 is 2.42 bits per heavy atom. The van der Waals surface area contributed by atoms with Crippen molar-refractivity contribution in [3.8, 4) is 24.0 Å². The second-order valence-corrected chi connectivity index (χ2v) is 6.33. The van der Waals surface area contributed by atoms with E-state index >= 15 is 0 Å². The van der Waals surface area contributed by atoms with E-state index in [1.807, 2.05) is 36.4 Å². The first-order valence-electron chi connectivity index (χ1n) is 8.79. The summed E-state index contributed by atoms with van der Waals surface area (Å²) in [7, 11) is 0. The lowest BCUT2D eigenvalue weighted by Gasteiger charge is -2.23. The quantitative estimate of drug-likeness (QED) is 0.689. The summed E-state index contributed by atoms with van der Waals surface area (Å²) < 4.78 is 9.86. The van der Waals surface area contributed by atoms with Gasteiger partial charge in [-0.15, -0.1) is 10.5 Å². The van der Waals surface area contributed by atoms with Crippen LogP contribution in [0, 0.1) is 23.0 Å². The van der Waals surface area contributed by atoms with E-state index in [9.17, 15) is 0 Å². The SMILES string of the molecule is CCc1cc(C2=CCC(c3ccc(OC#N)cc3)CC2)ccc1OC#N. The molecule has 0 bridgehead atoms. The lowest BCUT2D eigenvalue weighted by atomic mass is 9.82. The van der Waals surface area contributed by atoms with Gasteiger partial charge in [0, 0.05) is 0 Å². The molecule has 2 aromatic carbocycles. The van der Waals surface area contributed by atoms with Crippen LogP contribution >= 0.6 is 0 Å². The molecule has 1 atom stereocenters. The molecule has 4 heteroatoms. The fraction of sp³-hybridized carbons (Fsp3) is 0.273. The summed E-state index contributed by atoms with van der Waals surface area (Å²) in [6.45, 7) is 2.06. The van der Waals surface area contributed by atoms with Crippen molar-refractivity contribution in [3.05, 3.63) is 65.2 Å². The molecule has 4 nitrogen and oxygen atoms in total. The van der Waals surface area contributed by atoms with Gasteiger partial charge in [0.25, 0.3) is 12.5 Å². The summed E-state index contributed by atoms with van der Waals surface area (Å²) in [4.78, 5) is 0. The van der Waals surface area contributed by atoms with Crippen molar-refractivity contribution in [3.63, 3.8) is 0 Å². The molecule has 26 heavy (non-hydrogen) atoms. The van der Waals surface area contributed by atoms with Gasteiger partial charge in [0.15, 0.2) is 0 Å². The molecule has 0 heterocycles. The van der Waals surface area contributed by atoms with Crippen LogP contribution in [0.25, 0.3) is 5.57 Å². The van der Waals surface area contributed by atoms with Crippen molar-refractivity contribution in [2.75, 3.05) is 0 Å². The minimum atomic E-state index is 0.488. The zero-order valence-corrected chi connectivity index (χ0v) is 14.7. The van der Waals surface area contributed by atoms with E-state index in [2.05, 4.69) is 19.1 Å². The monoisotopic (exact) mass is 344 g/mol. The highest BCUT2D eigenvalue weighted by Gasteiger charge is 2.18. The van der Waals surface area contributed by atoms with E-state index < -0.39 is 0 Å². The largest absolute Gasteiger partial charge is 0.388 e. The van der Waals surface area contributed by atoms with E-state index in [4.69, 9.17) is 20.0 Å². The Hall–Kier alpha value is -3.24. The molecule has 0 amide bonds. The second kappa shape index (κ2) is 8.23. The Bertz CT molecular complexity index is 886. The molecule has 0 aromatic heterocycles. The van der Waals surface area contributed by atoms with Crippen LogP contribution in [0.3, 0.4) is 0 Å². The van der Waals surface area contributed by atoms with Gasteiger partial charge in [-0.3, -0.25) is 0 Å². The number of benzene rings is 2. The average Bonchev–Trinajstić information content (AvgIpc) is 2.69. The van der Waals surface area contributed by atoms with Gasteiger partial charge in [0.1, 0.15) is 11.5 Å². The van der Waals surface area contributed by atoms with Gasteiger partial charge in [-0.25, -0.2) is 0 Å². The molecule has 0 saturated heterocycles. The summed E-state index contributed by atoms with van der Waals surface area (Å²) in [6.07, 6.45) is 9.68. The van der Waals surface area contributed by atoms with Crippen molar-refractivity contribution in [1.29, 1.82) is 10.5 Å². The highest BCUT2D eigenvalue weighted by molar-refractivity contribution is 5.68. The third kappa shape index (κ3) is 3.87. The van der Waals surface area contributed by atoms with Crippen molar-refractivity contribution in [1.82, 2.24) is 0 Å². The third-order valence-corrected chi connectivity index (χ3v) is 4.89. The van der Waals surface area contributed by atoms with Crippen LogP contribution < -0.4 is 9.47 Å². The molecule has 0 aliphatic heterocycles. The fourth-order valence-corrected chi connectivity index (χ4v) is 3.46. The van der Waals surface area contributed by atoms with Gasteiger partial charge in [-0.05, 0) is 78.1 Å². The number of nitriles is 2. The van der Waals surface area contributed by atoms with Crippen LogP contribution in [0.2, 0.25) is 0 Å². The van der Waals surface area contributed by atoms with Gasteiger partial charge < -0.3 is 9.47 Å². The lowest BCUT2D eigenvalue weighted by Crippen LogP contribution is -2.04. The zero-order valence-electron chi connectivity index (χ0n) is 14.7. The molecule has 2 aromatic rings. The van der Waals surface area contributed by atoms with Crippen molar-refractivity contribution in [2.45, 2.75) is 38.5 Å². The minimum absolute atomic E-state index is 0.488. The van der Waals surface area contributed by atoms with E-state index in [0.29, 0.717) is 17.4 Å². The predicted molar refractivity (Wildman–Crippen MR) is 99.3 cm³/mol. The Labute approximate surface area is 153 Å². The maximum absolute atomic E-state index is 8.73. The van der Waals surface area contributed by atoms with E-state index in [1.165, 1.54) is 16.7 Å². The van der Waals surface area contributed by atoms with Gasteiger partial charge >= 0.3 is 0 Å². The summed E-state index contributed by atoms with van der Waals surface area (Å²) in [5.41, 5.74) is 4.89. The van der Waals surface area contributed by atoms with E-state index in [1.54, 1.807) is 12.5 Å². The Kier molecular flexibility index (Phi) is 5.56. The van der Waals surface area contributed by atoms with Crippen LogP contribution in [-0.2, 0) is 6.42 Å². The first-order chi connectivity index (χ1) is 12.7. The molecule has 1 unspecified atom stereocenters. The molecular weight excluding hydrogens is 324 g/mol. The van der Waals surface area contributed by atoms with Gasteiger partial charge in [-0.2, -0.15) is 0 Å². The van der Waals surface area contributed by atoms with Crippen LogP contribution in [-0.4, -0.2) is 0 Å². The molecule has 3 rings (SSSR count). The molecular formula is C22H20N2O2. The summed E-state index contributed by atoms with van der Waals surface area (Å²) in [5, 5.41) is 17.3. The van der Waals surface area contributed by atoms with E-state index in [0.717, 1.165) is 31.2 Å². The first-order valence-corrected chi connectivity index (χ1v) is 8.79. The van der Waals surface area contributed by atoms with Crippen molar-refractivity contribution < 1.29 is 9.47 Å². The summed E-state index contributed by atoms with van der Waals surface area (Å²) in [5.74, 6) is 1.71. The molecule has 0 saturated carbocycles. The molecule has 130 valence electrons. The number of hydrogen-bond donors (Lipinski definition) is 0. The highest BCUT2D eigenvalue weighted by atomic mass is 16.5. The maximum atomic E-state index is 8.73. The number of ether oxygens (including phenoxy) is 2. The van der Waals surface area contributed by atoms with E-state index in [-0.39, 0.29) is 0 Å². The van der Waals surface area contributed by atoms with Gasteiger partial charge in [-0.1, -0.05) is 31.2 Å². The second-order valence-electron chi connectivity index (χ2n) is 6.33. The Morgan fingerprint density at radius 2 is 1.81 bits per heavy atom. The van der Waals surface area contributed by atoms with Crippen LogP contribution in [0.5, 0.6) is 11.5 Å². The third-order valence-electron chi connectivity index (χ3n) is 4.89. The number of rotatable bonds is 5. The molecule has 1 aliphatic rings. The van der Waals surface area contributed by atoms with Crippen LogP contribution in [0.4, 0.5) is 0 Å². The summed E-state index contributed by atoms with van der Waals surface area (Å²) in [6, 6.07) is 13.8. The average molecular weight is 344 g/mol. The number of allylic oxidation sites excluding steroid dienone is 2. The topological polar surface area (TPSA) is 66.0 Å². The maximum Gasteiger partial charge on any atom is 0.292 e. The smallest absolute Gasteiger partial charge is 0.292 e. The standard InChI is InChI=1S/C22H20N2O2/c1-2-16-13-20(9-12-22(16)26-15-24)19-5-3-17(4-6-19)18-7-10-21(11-8-18)25-14-23/h5,7-13,17H,2-4,6H2,1H3. The zero-order chi connectivity index (χ0) is 18.4. The summed E-state index contributed by atoms with van der Waals surface area (Å²) >= 11 is 0. The van der Waals surface area contributed by atoms with Crippen molar-refractivity contribution in [2.24, 2.45) is 0 Å². The van der Waals surface area contributed by atoms with Crippen LogP contribution in [0.1, 0.15) is 48.8 Å². The lowest BCUT2D eigenvalue weighted by molar-refractivity contribution is 0.500. The molecule has 0 N–H and O–H groups in total. The predicted octanol–water partition coefficient (Wildman–Crippen LogP) is 5.32. The minimum Gasteiger partial charge on any atom is -0.388 e. The van der Waals surface area contributed by atoms with Gasteiger partial charge in [0.05, 0.1) is 0 Å². The highest BCUT2D eigenvalue weighted by Crippen LogP contribution is 2.37. The Balaban J connectivity index is 1.73.